The van der Waals surface area contributed by atoms with E-state index in [-0.39, 0.29) is 6.04 Å². The number of thioether (sulfide) groups is 1. The Morgan fingerprint density at radius 3 is 2.61 bits per heavy atom. The van der Waals surface area contributed by atoms with Crippen molar-refractivity contribution in [3.05, 3.63) is 28.8 Å². The highest BCUT2D eigenvalue weighted by Gasteiger charge is 2.14. The molecular formula is C14H23ClN2S. The molecule has 0 saturated heterocycles. The molecule has 102 valence electrons. The SMILES string of the molecule is CSCC(C)N(C)c1ccc(Cl)cc1CC(C)N. The molecule has 2 atom stereocenters. The Bertz CT molecular complexity index is 382. The van der Waals surface area contributed by atoms with Gasteiger partial charge in [-0.2, -0.15) is 11.8 Å². The topological polar surface area (TPSA) is 29.3 Å². The Hall–Kier alpha value is -0.380. The maximum Gasteiger partial charge on any atom is 0.0410 e. The van der Waals surface area contributed by atoms with E-state index in [9.17, 15) is 0 Å². The van der Waals surface area contributed by atoms with Crippen LogP contribution >= 0.6 is 23.4 Å². The van der Waals surface area contributed by atoms with Gasteiger partial charge in [-0.25, -0.2) is 0 Å². The minimum Gasteiger partial charge on any atom is -0.371 e. The van der Waals surface area contributed by atoms with Gasteiger partial charge >= 0.3 is 0 Å². The number of benzene rings is 1. The highest BCUT2D eigenvalue weighted by Crippen LogP contribution is 2.26. The van der Waals surface area contributed by atoms with Crippen molar-refractivity contribution in [1.29, 1.82) is 0 Å². The maximum atomic E-state index is 6.08. The summed E-state index contributed by atoms with van der Waals surface area (Å²) < 4.78 is 0. The lowest BCUT2D eigenvalue weighted by atomic mass is 10.0. The molecule has 0 spiro atoms. The van der Waals surface area contributed by atoms with Crippen LogP contribution in [0.3, 0.4) is 0 Å². The third kappa shape index (κ3) is 4.38. The lowest BCUT2D eigenvalue weighted by Gasteiger charge is -2.29. The van der Waals surface area contributed by atoms with Gasteiger partial charge in [0.15, 0.2) is 0 Å². The van der Waals surface area contributed by atoms with Crippen LogP contribution in [-0.4, -0.2) is 31.1 Å². The van der Waals surface area contributed by atoms with Crippen molar-refractivity contribution in [3.8, 4) is 0 Å². The third-order valence-corrected chi connectivity index (χ3v) is 4.08. The lowest BCUT2D eigenvalue weighted by Crippen LogP contribution is -2.32. The minimum absolute atomic E-state index is 0.145. The Balaban J connectivity index is 2.99. The zero-order chi connectivity index (χ0) is 13.7. The fourth-order valence-electron chi connectivity index (χ4n) is 2.00. The molecule has 0 radical (unpaired) electrons. The molecule has 2 unspecified atom stereocenters. The van der Waals surface area contributed by atoms with Crippen molar-refractivity contribution in [2.75, 3.05) is 24.0 Å². The first-order valence-corrected chi connectivity index (χ1v) is 7.98. The summed E-state index contributed by atoms with van der Waals surface area (Å²) in [5, 5.41) is 0.778. The number of hydrogen-bond donors (Lipinski definition) is 1. The van der Waals surface area contributed by atoms with Crippen LogP contribution in [0.15, 0.2) is 18.2 Å². The van der Waals surface area contributed by atoms with E-state index in [2.05, 4.69) is 31.2 Å². The van der Waals surface area contributed by atoms with Crippen LogP contribution in [-0.2, 0) is 6.42 Å². The average molecular weight is 287 g/mol. The third-order valence-electron chi connectivity index (χ3n) is 3.03. The number of nitrogens with two attached hydrogens (primary N) is 1. The molecule has 0 aliphatic rings. The molecule has 4 heteroatoms. The standard InChI is InChI=1S/C14H23ClN2S/c1-10(16)7-12-8-13(15)5-6-14(12)17(3)11(2)9-18-4/h5-6,8,10-11H,7,9,16H2,1-4H3. The quantitative estimate of drug-likeness (QED) is 0.869. The van der Waals surface area contributed by atoms with E-state index < -0.39 is 0 Å². The largest absolute Gasteiger partial charge is 0.371 e. The number of anilines is 1. The zero-order valence-corrected chi connectivity index (χ0v) is 13.2. The van der Waals surface area contributed by atoms with E-state index in [1.165, 1.54) is 11.3 Å². The molecule has 0 aromatic heterocycles. The second-order valence-electron chi connectivity index (χ2n) is 4.87. The molecule has 0 aliphatic carbocycles. The molecule has 18 heavy (non-hydrogen) atoms. The van der Waals surface area contributed by atoms with Crippen LogP contribution in [0.4, 0.5) is 5.69 Å². The first kappa shape index (κ1) is 15.7. The van der Waals surface area contributed by atoms with Gasteiger partial charge in [-0.05, 0) is 50.3 Å². The normalized spacial score (nSPS) is 14.3. The smallest absolute Gasteiger partial charge is 0.0410 e. The number of hydrogen-bond acceptors (Lipinski definition) is 3. The molecule has 1 aromatic rings. The van der Waals surface area contributed by atoms with Gasteiger partial charge in [0.25, 0.3) is 0 Å². The molecule has 0 amide bonds. The summed E-state index contributed by atoms with van der Waals surface area (Å²) in [5.74, 6) is 1.11. The monoisotopic (exact) mass is 286 g/mol. The first-order chi connectivity index (χ1) is 8.45. The molecule has 0 saturated carbocycles. The van der Waals surface area contributed by atoms with Gasteiger partial charge in [0.1, 0.15) is 0 Å². The van der Waals surface area contributed by atoms with Crippen LogP contribution in [0, 0.1) is 0 Å². The van der Waals surface area contributed by atoms with E-state index in [0.717, 1.165) is 17.2 Å². The van der Waals surface area contributed by atoms with Gasteiger partial charge in [-0.3, -0.25) is 0 Å². The maximum absolute atomic E-state index is 6.08. The van der Waals surface area contributed by atoms with Gasteiger partial charge in [0.05, 0.1) is 0 Å². The summed E-state index contributed by atoms with van der Waals surface area (Å²) in [6, 6.07) is 6.71. The van der Waals surface area contributed by atoms with Gasteiger partial charge in [0.2, 0.25) is 0 Å². The van der Waals surface area contributed by atoms with E-state index in [4.69, 9.17) is 17.3 Å². The molecule has 0 heterocycles. The Labute approximate surface area is 120 Å². The molecule has 1 aromatic carbocycles. The lowest BCUT2D eigenvalue weighted by molar-refractivity contribution is 0.720. The predicted molar refractivity (Wildman–Crippen MR) is 85.1 cm³/mol. The van der Waals surface area contributed by atoms with Gasteiger partial charge in [-0.1, -0.05) is 11.6 Å². The second-order valence-corrected chi connectivity index (χ2v) is 6.22. The highest BCUT2D eigenvalue weighted by molar-refractivity contribution is 7.98. The number of nitrogens with zero attached hydrogens (tertiary/aromatic N) is 1. The summed E-state index contributed by atoms with van der Waals surface area (Å²) in [6.45, 7) is 4.26. The van der Waals surface area contributed by atoms with Crippen LogP contribution < -0.4 is 10.6 Å². The summed E-state index contributed by atoms with van der Waals surface area (Å²) in [5.41, 5.74) is 8.38. The van der Waals surface area contributed by atoms with E-state index >= 15 is 0 Å². The van der Waals surface area contributed by atoms with Gasteiger partial charge < -0.3 is 10.6 Å². The average Bonchev–Trinajstić information content (AvgIpc) is 2.28. The van der Waals surface area contributed by atoms with Crippen molar-refractivity contribution in [2.24, 2.45) is 5.73 Å². The van der Waals surface area contributed by atoms with Crippen molar-refractivity contribution in [1.82, 2.24) is 0 Å². The first-order valence-electron chi connectivity index (χ1n) is 6.21. The molecule has 2 nitrogen and oxygen atoms in total. The van der Waals surface area contributed by atoms with E-state index in [1.54, 1.807) is 0 Å². The molecule has 0 aliphatic heterocycles. The van der Waals surface area contributed by atoms with Crippen LogP contribution in [0.2, 0.25) is 5.02 Å². The van der Waals surface area contributed by atoms with Crippen LogP contribution in [0.5, 0.6) is 0 Å². The van der Waals surface area contributed by atoms with Crippen molar-refractivity contribution in [3.63, 3.8) is 0 Å². The van der Waals surface area contributed by atoms with Gasteiger partial charge in [-0.15, -0.1) is 0 Å². The number of halogens is 1. The van der Waals surface area contributed by atoms with Crippen LogP contribution in [0.25, 0.3) is 0 Å². The van der Waals surface area contributed by atoms with Gasteiger partial charge in [0, 0.05) is 35.6 Å². The molecule has 0 fully saturated rings. The summed E-state index contributed by atoms with van der Waals surface area (Å²) in [6.07, 6.45) is 2.99. The van der Waals surface area contributed by atoms with Crippen LogP contribution in [0.1, 0.15) is 19.4 Å². The zero-order valence-electron chi connectivity index (χ0n) is 11.6. The Morgan fingerprint density at radius 1 is 1.39 bits per heavy atom. The molecule has 2 N–H and O–H groups in total. The predicted octanol–water partition coefficient (Wildman–Crippen LogP) is 3.42. The molecular weight excluding hydrogens is 264 g/mol. The fraction of sp³-hybridized carbons (Fsp3) is 0.571. The Kier molecular flexibility index (Phi) is 6.33. The highest BCUT2D eigenvalue weighted by atomic mass is 35.5. The molecule has 0 bridgehead atoms. The van der Waals surface area contributed by atoms with Crippen molar-refractivity contribution >= 4 is 29.1 Å². The second kappa shape index (κ2) is 7.27. The summed E-state index contributed by atoms with van der Waals surface area (Å²) in [4.78, 5) is 2.31. The van der Waals surface area contributed by atoms with E-state index in [0.29, 0.717) is 6.04 Å². The fourth-order valence-corrected chi connectivity index (χ4v) is 2.90. The summed E-state index contributed by atoms with van der Waals surface area (Å²) >= 11 is 7.95. The summed E-state index contributed by atoms with van der Waals surface area (Å²) in [7, 11) is 2.13. The van der Waals surface area contributed by atoms with Crippen molar-refractivity contribution < 1.29 is 0 Å². The Morgan fingerprint density at radius 2 is 2.06 bits per heavy atom. The molecule has 1 rings (SSSR count). The van der Waals surface area contributed by atoms with E-state index in [1.807, 2.05) is 30.8 Å². The van der Waals surface area contributed by atoms with Crippen molar-refractivity contribution in [2.45, 2.75) is 32.4 Å². The minimum atomic E-state index is 0.145. The number of rotatable bonds is 6.